The lowest BCUT2D eigenvalue weighted by molar-refractivity contribution is -0.0523. The van der Waals surface area contributed by atoms with Crippen LogP contribution >= 0.6 is 15.9 Å². The smallest absolute Gasteiger partial charge is 0.380 e. The highest BCUT2D eigenvalue weighted by Gasteiger charge is 2.49. The van der Waals surface area contributed by atoms with Gasteiger partial charge in [0.05, 0.1) is 0 Å². The molecule has 0 heterocycles. The van der Waals surface area contributed by atoms with Crippen LogP contribution in [0.3, 0.4) is 0 Å². The predicted molar refractivity (Wildman–Crippen MR) is 75.5 cm³/mol. The Morgan fingerprint density at radius 1 is 1.14 bits per heavy atom. The Kier molecular flexibility index (Phi) is 4.86. The summed E-state index contributed by atoms with van der Waals surface area (Å²) >= 11 is 3.13. The van der Waals surface area contributed by atoms with Gasteiger partial charge in [-0.05, 0) is 42.5 Å². The van der Waals surface area contributed by atoms with Crippen LogP contribution in [-0.2, 0) is 14.3 Å². The highest BCUT2D eigenvalue weighted by molar-refractivity contribution is 9.10. The van der Waals surface area contributed by atoms with Gasteiger partial charge < -0.3 is 4.18 Å². The Labute approximate surface area is 133 Å². The van der Waals surface area contributed by atoms with Gasteiger partial charge in [0, 0.05) is 10.9 Å². The summed E-state index contributed by atoms with van der Waals surface area (Å²) in [5, 5.41) is 0. The summed E-state index contributed by atoms with van der Waals surface area (Å²) < 4.78 is 77.5. The molecule has 0 saturated carbocycles. The normalized spacial score (nSPS) is 16.8. The third-order valence-electron chi connectivity index (χ3n) is 3.17. The lowest BCUT2D eigenvalue weighted by Gasteiger charge is -2.21. The topological polar surface area (TPSA) is 43.4 Å². The number of allylic oxidation sites excluding steroid dienone is 2. The molecule has 0 fully saturated rings. The largest absolute Gasteiger partial charge is 0.534 e. The number of alkyl halides is 3. The summed E-state index contributed by atoms with van der Waals surface area (Å²) in [6.45, 7) is 0. The van der Waals surface area contributed by atoms with Gasteiger partial charge >= 0.3 is 15.6 Å². The molecule has 0 N–H and O–H groups in total. The quantitative estimate of drug-likeness (QED) is 0.416. The summed E-state index contributed by atoms with van der Waals surface area (Å²) in [7, 11) is -5.71. The van der Waals surface area contributed by atoms with E-state index in [1.807, 2.05) is 0 Å². The van der Waals surface area contributed by atoms with Crippen molar-refractivity contribution in [2.24, 2.45) is 0 Å². The first-order chi connectivity index (χ1) is 10.1. The van der Waals surface area contributed by atoms with E-state index >= 15 is 0 Å². The van der Waals surface area contributed by atoms with E-state index in [2.05, 4.69) is 20.1 Å². The first-order valence-electron chi connectivity index (χ1n) is 6.30. The molecule has 122 valence electrons. The monoisotopic (exact) mass is 402 g/mol. The van der Waals surface area contributed by atoms with E-state index in [1.165, 1.54) is 6.07 Å². The van der Waals surface area contributed by atoms with Crippen molar-refractivity contribution in [3.8, 4) is 0 Å². The van der Waals surface area contributed by atoms with Crippen molar-refractivity contribution in [3.63, 3.8) is 0 Å². The molecule has 0 aliphatic heterocycles. The Morgan fingerprint density at radius 3 is 2.36 bits per heavy atom. The van der Waals surface area contributed by atoms with E-state index in [9.17, 15) is 26.0 Å². The summed E-state index contributed by atoms with van der Waals surface area (Å²) in [6, 6.07) is 3.69. The van der Waals surface area contributed by atoms with Crippen LogP contribution in [0.15, 0.2) is 28.4 Å². The van der Waals surface area contributed by atoms with Crippen LogP contribution in [0.2, 0.25) is 0 Å². The Bertz CT molecular complexity index is 710. The average molecular weight is 403 g/mol. The van der Waals surface area contributed by atoms with Crippen LogP contribution in [0.5, 0.6) is 0 Å². The Morgan fingerprint density at radius 2 is 1.77 bits per heavy atom. The summed E-state index contributed by atoms with van der Waals surface area (Å²) in [5.41, 5.74) is -4.72. The second-order valence-corrected chi connectivity index (χ2v) is 7.11. The molecule has 0 unspecified atom stereocenters. The van der Waals surface area contributed by atoms with Crippen molar-refractivity contribution in [1.82, 2.24) is 0 Å². The van der Waals surface area contributed by atoms with E-state index in [4.69, 9.17) is 0 Å². The van der Waals surface area contributed by atoms with Gasteiger partial charge in [0.15, 0.2) is 0 Å². The summed E-state index contributed by atoms with van der Waals surface area (Å²) in [6.07, 6.45) is 1.63. The number of hydrogen-bond donors (Lipinski definition) is 0. The molecule has 1 aliphatic rings. The highest BCUT2D eigenvalue weighted by Crippen LogP contribution is 2.39. The van der Waals surface area contributed by atoms with Crippen LogP contribution in [0.1, 0.15) is 31.2 Å². The van der Waals surface area contributed by atoms with E-state index in [0.717, 1.165) is 12.1 Å². The van der Waals surface area contributed by atoms with E-state index in [0.29, 0.717) is 34.9 Å². The third kappa shape index (κ3) is 3.62. The van der Waals surface area contributed by atoms with Crippen molar-refractivity contribution in [2.75, 3.05) is 0 Å². The van der Waals surface area contributed by atoms with Crippen LogP contribution in [0, 0.1) is 5.82 Å². The van der Waals surface area contributed by atoms with Gasteiger partial charge in [-0.1, -0.05) is 22.0 Å². The minimum Gasteiger partial charge on any atom is -0.380 e. The molecule has 0 bridgehead atoms. The van der Waals surface area contributed by atoms with Gasteiger partial charge in [-0.3, -0.25) is 0 Å². The van der Waals surface area contributed by atoms with Crippen LogP contribution in [0.25, 0.3) is 5.57 Å². The molecule has 1 aromatic rings. The van der Waals surface area contributed by atoms with Crippen molar-refractivity contribution in [3.05, 3.63) is 39.8 Å². The molecular formula is C13H11BrF4O3S. The van der Waals surface area contributed by atoms with Gasteiger partial charge in [0.1, 0.15) is 11.6 Å². The van der Waals surface area contributed by atoms with Gasteiger partial charge in [-0.15, -0.1) is 0 Å². The number of rotatable bonds is 3. The molecule has 1 aliphatic carbocycles. The van der Waals surface area contributed by atoms with E-state index in [-0.39, 0.29) is 12.2 Å². The lowest BCUT2D eigenvalue weighted by atomic mass is 9.92. The van der Waals surface area contributed by atoms with Crippen LogP contribution < -0.4 is 0 Å². The Hall–Kier alpha value is -1.09. The minimum atomic E-state index is -5.71. The van der Waals surface area contributed by atoms with Gasteiger partial charge in [0.25, 0.3) is 0 Å². The van der Waals surface area contributed by atoms with Crippen molar-refractivity contribution >= 4 is 31.6 Å². The minimum absolute atomic E-state index is 0.0778. The number of hydrogen-bond acceptors (Lipinski definition) is 3. The molecule has 0 aromatic heterocycles. The number of benzene rings is 1. The fourth-order valence-electron chi connectivity index (χ4n) is 2.17. The van der Waals surface area contributed by atoms with Crippen molar-refractivity contribution < 1.29 is 30.2 Å². The first kappa shape index (κ1) is 17.3. The standard InChI is InChI=1S/C13H11BrF4O3S/c14-11-7-8(15)5-6-9(11)10-3-1-2-4-12(10)21-22(19,20)13(16,17)18/h5-7H,1-4H2. The van der Waals surface area contributed by atoms with Gasteiger partial charge in [0.2, 0.25) is 0 Å². The molecule has 2 rings (SSSR count). The summed E-state index contributed by atoms with van der Waals surface area (Å²) in [5.74, 6) is -0.756. The molecule has 0 atom stereocenters. The highest BCUT2D eigenvalue weighted by atomic mass is 79.9. The zero-order valence-corrected chi connectivity index (χ0v) is 13.5. The lowest BCUT2D eigenvalue weighted by Crippen LogP contribution is -2.26. The van der Waals surface area contributed by atoms with Crippen molar-refractivity contribution in [2.45, 2.75) is 31.2 Å². The molecule has 0 saturated heterocycles. The first-order valence-corrected chi connectivity index (χ1v) is 8.50. The fraction of sp³-hybridized carbons (Fsp3) is 0.385. The second kappa shape index (κ2) is 6.19. The summed E-state index contributed by atoms with van der Waals surface area (Å²) in [4.78, 5) is 0. The maximum Gasteiger partial charge on any atom is 0.534 e. The molecule has 0 spiro atoms. The molecule has 9 heteroatoms. The van der Waals surface area contributed by atoms with E-state index < -0.39 is 21.4 Å². The van der Waals surface area contributed by atoms with Gasteiger partial charge in [-0.2, -0.15) is 21.6 Å². The SMILES string of the molecule is O=S(=O)(OC1=C(c2ccc(F)cc2Br)CCCC1)C(F)(F)F. The average Bonchev–Trinajstić information content (AvgIpc) is 2.38. The fourth-order valence-corrected chi connectivity index (χ4v) is 3.30. The third-order valence-corrected chi connectivity index (χ3v) is 4.81. The van der Waals surface area contributed by atoms with Crippen LogP contribution in [0.4, 0.5) is 17.6 Å². The second-order valence-electron chi connectivity index (χ2n) is 4.72. The van der Waals surface area contributed by atoms with E-state index in [1.54, 1.807) is 0 Å². The zero-order chi connectivity index (χ0) is 16.5. The molecule has 3 nitrogen and oxygen atoms in total. The Balaban J connectivity index is 2.47. The van der Waals surface area contributed by atoms with Crippen LogP contribution in [-0.4, -0.2) is 13.9 Å². The van der Waals surface area contributed by atoms with Crippen molar-refractivity contribution in [1.29, 1.82) is 0 Å². The maximum atomic E-state index is 13.1. The zero-order valence-electron chi connectivity index (χ0n) is 11.1. The molecule has 0 radical (unpaired) electrons. The molecule has 0 amide bonds. The molecule has 1 aromatic carbocycles. The number of halogens is 5. The maximum absolute atomic E-state index is 13.1. The molecular weight excluding hydrogens is 392 g/mol. The molecule has 22 heavy (non-hydrogen) atoms. The predicted octanol–water partition coefficient (Wildman–Crippen LogP) is 4.74. The van der Waals surface area contributed by atoms with Gasteiger partial charge in [-0.25, -0.2) is 4.39 Å².